The Morgan fingerprint density at radius 1 is 0.897 bits per heavy atom. The lowest BCUT2D eigenvalue weighted by Crippen LogP contribution is -2.17. The Kier molecular flexibility index (Phi) is 7.47. The molecular formula is C29H22F2N2O5S. The molecule has 2 N–H and O–H groups in total. The summed E-state index contributed by atoms with van der Waals surface area (Å²) in [6.07, 6.45) is 2.18. The number of hydrogen-bond acceptors (Lipinski definition) is 6. The van der Waals surface area contributed by atoms with Gasteiger partial charge in [-0.2, -0.15) is 0 Å². The summed E-state index contributed by atoms with van der Waals surface area (Å²) in [4.78, 5) is 39.7. The van der Waals surface area contributed by atoms with Crippen molar-refractivity contribution in [3.8, 4) is 22.8 Å². The second-order valence-corrected chi connectivity index (χ2v) is 9.73. The van der Waals surface area contributed by atoms with Crippen molar-refractivity contribution >= 4 is 33.8 Å². The molecule has 1 aliphatic heterocycles. The monoisotopic (exact) mass is 548 g/mol. The number of amides is 2. The number of H-pyrrole nitrogens is 1. The minimum absolute atomic E-state index is 0.0272. The number of hydrogen-bond donors (Lipinski definition) is 2. The van der Waals surface area contributed by atoms with Gasteiger partial charge in [-0.3, -0.25) is 19.7 Å². The number of aromatic nitrogens is 1. The van der Waals surface area contributed by atoms with E-state index in [1.54, 1.807) is 25.1 Å². The summed E-state index contributed by atoms with van der Waals surface area (Å²) in [7, 11) is 0. The molecule has 4 aromatic rings. The minimum Gasteiger partial charge on any atom is -0.490 e. The van der Waals surface area contributed by atoms with Crippen molar-refractivity contribution in [3.63, 3.8) is 0 Å². The molecule has 39 heavy (non-hydrogen) atoms. The standard InChI is InChI=1S/C29H22F2N2O5S/c1-16-22(31)12-11-21-24(16)32-25(18-5-7-19(30)8-6-18)27(26(21)34)38-15-14-37-20-9-2-17(3-10-20)4-13-23-28(35)33-29(36)39-23/h2-3,5-13H,4,14-15H2,1H3,(H,32,34)(H,33,35,36). The second-order valence-electron chi connectivity index (χ2n) is 8.72. The van der Waals surface area contributed by atoms with Crippen LogP contribution in [-0.4, -0.2) is 29.3 Å². The van der Waals surface area contributed by atoms with Crippen molar-refractivity contribution in [2.45, 2.75) is 13.3 Å². The molecule has 2 amide bonds. The third-order valence-corrected chi connectivity index (χ3v) is 7.01. The fourth-order valence-corrected chi connectivity index (χ4v) is 4.76. The predicted molar refractivity (Wildman–Crippen MR) is 145 cm³/mol. The van der Waals surface area contributed by atoms with Gasteiger partial charge in [-0.05, 0) is 79.2 Å². The first-order valence-electron chi connectivity index (χ1n) is 12.0. The fraction of sp³-hybridized carbons (Fsp3) is 0.138. The fourth-order valence-electron chi connectivity index (χ4n) is 4.11. The Labute approximate surface area is 225 Å². The molecule has 0 radical (unpaired) electrons. The number of carbonyl (C=O) groups excluding carboxylic acids is 2. The Bertz CT molecular complexity index is 1660. The average molecular weight is 549 g/mol. The number of nitrogens with one attached hydrogen (secondary N) is 2. The SMILES string of the molecule is Cc1c(F)ccc2c(=O)c(OCCOc3ccc(CC=C4SC(=O)NC4=O)cc3)c(-c3ccc(F)cc3)[nH]c12. The zero-order valence-electron chi connectivity index (χ0n) is 20.7. The molecule has 0 bridgehead atoms. The lowest BCUT2D eigenvalue weighted by molar-refractivity contribution is -0.115. The molecule has 5 rings (SSSR count). The molecule has 1 fully saturated rings. The first-order valence-corrected chi connectivity index (χ1v) is 12.8. The zero-order valence-corrected chi connectivity index (χ0v) is 21.5. The summed E-state index contributed by atoms with van der Waals surface area (Å²) in [6.45, 7) is 1.74. The number of thioether (sulfide) groups is 1. The van der Waals surface area contributed by atoms with Gasteiger partial charge in [0.1, 0.15) is 30.6 Å². The number of carbonyl (C=O) groups is 2. The van der Waals surface area contributed by atoms with E-state index in [1.165, 1.54) is 36.4 Å². The largest absolute Gasteiger partial charge is 0.490 e. The number of benzene rings is 3. The lowest BCUT2D eigenvalue weighted by Gasteiger charge is -2.15. The summed E-state index contributed by atoms with van der Waals surface area (Å²) in [6, 6.07) is 15.4. The molecule has 3 aromatic carbocycles. The maximum atomic E-state index is 14.2. The Morgan fingerprint density at radius 2 is 1.62 bits per heavy atom. The third kappa shape index (κ3) is 5.70. The summed E-state index contributed by atoms with van der Waals surface area (Å²) in [5.41, 5.74) is 1.98. The minimum atomic E-state index is -0.453. The molecule has 1 aliphatic rings. The van der Waals surface area contributed by atoms with E-state index in [0.717, 1.165) is 17.3 Å². The van der Waals surface area contributed by atoms with Gasteiger partial charge in [-0.25, -0.2) is 8.78 Å². The molecule has 0 spiro atoms. The van der Waals surface area contributed by atoms with E-state index in [2.05, 4.69) is 10.3 Å². The number of pyridine rings is 1. The first kappa shape index (κ1) is 26.2. The van der Waals surface area contributed by atoms with Gasteiger partial charge >= 0.3 is 0 Å². The lowest BCUT2D eigenvalue weighted by atomic mass is 10.1. The number of fused-ring (bicyclic) bond motifs is 1. The molecule has 0 atom stereocenters. The zero-order chi connectivity index (χ0) is 27.5. The van der Waals surface area contributed by atoms with Crippen LogP contribution in [0.25, 0.3) is 22.2 Å². The Balaban J connectivity index is 1.28. The number of aryl methyl sites for hydroxylation is 1. The van der Waals surface area contributed by atoms with Crippen LogP contribution in [0.15, 0.2) is 76.4 Å². The normalized spacial score (nSPS) is 14.2. The van der Waals surface area contributed by atoms with Crippen molar-refractivity contribution in [1.82, 2.24) is 10.3 Å². The van der Waals surface area contributed by atoms with E-state index in [0.29, 0.717) is 39.4 Å². The van der Waals surface area contributed by atoms with Crippen LogP contribution < -0.4 is 20.2 Å². The highest BCUT2D eigenvalue weighted by atomic mass is 32.2. The Hall–Kier alpha value is -4.44. The highest BCUT2D eigenvalue weighted by molar-refractivity contribution is 8.18. The molecule has 1 saturated heterocycles. The predicted octanol–water partition coefficient (Wildman–Crippen LogP) is 5.65. The maximum absolute atomic E-state index is 14.2. The van der Waals surface area contributed by atoms with Crippen LogP contribution >= 0.6 is 11.8 Å². The summed E-state index contributed by atoms with van der Waals surface area (Å²) in [5, 5.41) is 2.12. The average Bonchev–Trinajstić information content (AvgIpc) is 3.26. The molecule has 2 heterocycles. The molecule has 0 unspecified atom stereocenters. The van der Waals surface area contributed by atoms with Crippen LogP contribution in [-0.2, 0) is 11.2 Å². The molecule has 0 aliphatic carbocycles. The molecule has 0 saturated carbocycles. The van der Waals surface area contributed by atoms with Crippen LogP contribution in [0.2, 0.25) is 0 Å². The number of imide groups is 1. The van der Waals surface area contributed by atoms with Gasteiger partial charge in [-0.1, -0.05) is 18.2 Å². The van der Waals surface area contributed by atoms with E-state index in [1.807, 2.05) is 12.1 Å². The van der Waals surface area contributed by atoms with Crippen LogP contribution in [0.5, 0.6) is 11.5 Å². The van der Waals surface area contributed by atoms with Gasteiger partial charge in [0.2, 0.25) is 5.43 Å². The van der Waals surface area contributed by atoms with E-state index in [-0.39, 0.29) is 35.5 Å². The molecular weight excluding hydrogens is 526 g/mol. The van der Waals surface area contributed by atoms with Crippen LogP contribution in [0, 0.1) is 18.6 Å². The summed E-state index contributed by atoms with van der Waals surface area (Å²) in [5.74, 6) is -0.665. The summed E-state index contributed by atoms with van der Waals surface area (Å²) >= 11 is 0.876. The van der Waals surface area contributed by atoms with Crippen molar-refractivity contribution < 1.29 is 27.8 Å². The quantitative estimate of drug-likeness (QED) is 0.218. The molecule has 10 heteroatoms. The number of rotatable bonds is 8. The van der Waals surface area contributed by atoms with Crippen molar-refractivity contribution in [1.29, 1.82) is 0 Å². The second kappa shape index (κ2) is 11.1. The molecule has 198 valence electrons. The van der Waals surface area contributed by atoms with E-state index >= 15 is 0 Å². The van der Waals surface area contributed by atoms with E-state index in [4.69, 9.17) is 9.47 Å². The molecule has 7 nitrogen and oxygen atoms in total. The van der Waals surface area contributed by atoms with Gasteiger partial charge in [0.05, 0.1) is 16.1 Å². The van der Waals surface area contributed by atoms with E-state index < -0.39 is 17.1 Å². The van der Waals surface area contributed by atoms with Crippen molar-refractivity contribution in [2.75, 3.05) is 13.2 Å². The van der Waals surface area contributed by atoms with Crippen LogP contribution in [0.3, 0.4) is 0 Å². The van der Waals surface area contributed by atoms with Gasteiger partial charge in [0.25, 0.3) is 11.1 Å². The number of ether oxygens (including phenoxy) is 2. The first-order chi connectivity index (χ1) is 18.8. The summed E-state index contributed by atoms with van der Waals surface area (Å²) < 4.78 is 39.3. The molecule has 1 aromatic heterocycles. The topological polar surface area (TPSA) is 97.5 Å². The smallest absolute Gasteiger partial charge is 0.290 e. The highest BCUT2D eigenvalue weighted by Gasteiger charge is 2.24. The van der Waals surface area contributed by atoms with E-state index in [9.17, 15) is 23.2 Å². The van der Waals surface area contributed by atoms with Gasteiger partial charge in [0, 0.05) is 16.5 Å². The Morgan fingerprint density at radius 3 is 2.31 bits per heavy atom. The van der Waals surface area contributed by atoms with Gasteiger partial charge < -0.3 is 14.5 Å². The van der Waals surface area contributed by atoms with Crippen molar-refractivity contribution in [3.05, 3.63) is 105 Å². The number of aromatic amines is 1. The highest BCUT2D eigenvalue weighted by Crippen LogP contribution is 2.30. The van der Waals surface area contributed by atoms with Gasteiger partial charge in [0.15, 0.2) is 5.75 Å². The van der Waals surface area contributed by atoms with Crippen molar-refractivity contribution in [2.24, 2.45) is 0 Å². The van der Waals surface area contributed by atoms with Crippen LogP contribution in [0.1, 0.15) is 11.1 Å². The van der Waals surface area contributed by atoms with Crippen LogP contribution in [0.4, 0.5) is 13.6 Å². The van der Waals surface area contributed by atoms with Gasteiger partial charge in [-0.15, -0.1) is 0 Å². The third-order valence-electron chi connectivity index (χ3n) is 6.15. The number of halogens is 2. The number of allylic oxidation sites excluding steroid dienone is 1. The maximum Gasteiger partial charge on any atom is 0.290 e.